The molecule has 1 spiro atoms. The van der Waals surface area contributed by atoms with Gasteiger partial charge in [-0.2, -0.15) is 0 Å². The van der Waals surface area contributed by atoms with Gasteiger partial charge in [-0.1, -0.05) is 57.9 Å². The number of halogens is 2. The molecule has 2 aliphatic rings. The summed E-state index contributed by atoms with van der Waals surface area (Å²) in [6.07, 6.45) is 2.94. The van der Waals surface area contributed by atoms with E-state index in [0.717, 1.165) is 61.0 Å². The second kappa shape index (κ2) is 11.7. The molecule has 1 unspecified atom stereocenters. The van der Waals surface area contributed by atoms with Crippen LogP contribution >= 0.6 is 27.5 Å². The Morgan fingerprint density at radius 1 is 1.08 bits per heavy atom. The number of ether oxygens (including phenoxy) is 1. The number of likely N-dealkylation sites (tertiary alicyclic amines) is 2. The second-order valence-corrected chi connectivity index (χ2v) is 12.6. The van der Waals surface area contributed by atoms with Crippen LogP contribution in [-0.4, -0.2) is 53.6 Å². The zero-order valence-corrected chi connectivity index (χ0v) is 24.3. The first-order chi connectivity index (χ1) is 17.5. The zero-order valence-electron chi connectivity index (χ0n) is 21.9. The lowest BCUT2D eigenvalue weighted by atomic mass is 9.77. The summed E-state index contributed by atoms with van der Waals surface area (Å²) < 4.78 is 6.55. The Labute approximate surface area is 233 Å². The van der Waals surface area contributed by atoms with Gasteiger partial charge in [0, 0.05) is 29.1 Å². The van der Waals surface area contributed by atoms with Crippen LogP contribution in [0.1, 0.15) is 63.6 Å². The van der Waals surface area contributed by atoms with E-state index in [9.17, 15) is 9.59 Å². The molecule has 2 amide bonds. The number of benzene rings is 2. The Balaban J connectivity index is 1.33. The standard InChI is InChI=1S/C29H37BrClN3O3/c1-28(2,3)37-27(36)32-25(23-6-4-5-7-24(23)31)12-16-33-17-13-29(14-18-33)15-19-34(26(29)35)20-21-8-10-22(30)11-9-21/h4-11,25H,12-20H2,1-3H3,(H,32,36). The summed E-state index contributed by atoms with van der Waals surface area (Å²) in [5, 5.41) is 3.65. The monoisotopic (exact) mass is 589 g/mol. The average Bonchev–Trinajstić information content (AvgIpc) is 3.13. The molecule has 2 saturated heterocycles. The summed E-state index contributed by atoms with van der Waals surface area (Å²) in [7, 11) is 0. The van der Waals surface area contributed by atoms with Gasteiger partial charge in [-0.05, 0) is 88.9 Å². The van der Waals surface area contributed by atoms with E-state index in [4.69, 9.17) is 16.3 Å². The summed E-state index contributed by atoms with van der Waals surface area (Å²) in [6.45, 7) is 9.61. The van der Waals surface area contributed by atoms with Gasteiger partial charge in [0.15, 0.2) is 0 Å². The minimum absolute atomic E-state index is 0.233. The lowest BCUT2D eigenvalue weighted by Gasteiger charge is -2.38. The topological polar surface area (TPSA) is 61.9 Å². The molecule has 2 aromatic rings. The van der Waals surface area contributed by atoms with Crippen molar-refractivity contribution in [1.29, 1.82) is 0 Å². The lowest BCUT2D eigenvalue weighted by Crippen LogP contribution is -2.45. The third-order valence-corrected chi connectivity index (χ3v) is 8.28. The van der Waals surface area contributed by atoms with Crippen molar-refractivity contribution in [3.8, 4) is 0 Å². The third-order valence-electron chi connectivity index (χ3n) is 7.41. The molecule has 2 aromatic carbocycles. The molecular weight excluding hydrogens is 554 g/mol. The molecule has 0 saturated carbocycles. The van der Waals surface area contributed by atoms with Crippen LogP contribution in [0.2, 0.25) is 5.02 Å². The van der Waals surface area contributed by atoms with Crippen LogP contribution < -0.4 is 5.32 Å². The molecule has 2 heterocycles. The van der Waals surface area contributed by atoms with Crippen molar-refractivity contribution in [2.45, 2.75) is 64.6 Å². The van der Waals surface area contributed by atoms with Crippen LogP contribution in [0.3, 0.4) is 0 Å². The van der Waals surface area contributed by atoms with Crippen molar-refractivity contribution in [3.63, 3.8) is 0 Å². The molecule has 0 aliphatic carbocycles. The van der Waals surface area contributed by atoms with E-state index in [0.29, 0.717) is 23.9 Å². The molecular formula is C29H37BrClN3O3. The molecule has 1 N–H and O–H groups in total. The molecule has 2 fully saturated rings. The number of alkyl carbamates (subject to hydrolysis) is 1. The Morgan fingerprint density at radius 3 is 2.38 bits per heavy atom. The van der Waals surface area contributed by atoms with E-state index >= 15 is 0 Å². The molecule has 8 heteroatoms. The highest BCUT2D eigenvalue weighted by atomic mass is 79.9. The van der Waals surface area contributed by atoms with Crippen molar-refractivity contribution >= 4 is 39.5 Å². The molecule has 200 valence electrons. The van der Waals surface area contributed by atoms with Crippen molar-refractivity contribution in [3.05, 3.63) is 69.2 Å². The quantitative estimate of drug-likeness (QED) is 0.396. The lowest BCUT2D eigenvalue weighted by molar-refractivity contribution is -0.138. The molecule has 4 rings (SSSR count). The Kier molecular flexibility index (Phi) is 8.87. The van der Waals surface area contributed by atoms with E-state index < -0.39 is 11.7 Å². The van der Waals surface area contributed by atoms with Gasteiger partial charge in [-0.25, -0.2) is 4.79 Å². The highest BCUT2D eigenvalue weighted by Gasteiger charge is 2.47. The number of rotatable bonds is 7. The molecule has 2 aliphatic heterocycles. The van der Waals surface area contributed by atoms with Crippen molar-refractivity contribution in [1.82, 2.24) is 15.1 Å². The summed E-state index contributed by atoms with van der Waals surface area (Å²) >= 11 is 9.96. The first-order valence-corrected chi connectivity index (χ1v) is 14.2. The summed E-state index contributed by atoms with van der Waals surface area (Å²) in [4.78, 5) is 30.4. The number of carbonyl (C=O) groups excluding carboxylic acids is 2. The number of amides is 2. The number of piperidine rings is 1. The van der Waals surface area contributed by atoms with Crippen molar-refractivity contribution < 1.29 is 14.3 Å². The van der Waals surface area contributed by atoms with E-state index in [1.165, 1.54) is 0 Å². The maximum Gasteiger partial charge on any atom is 0.408 e. The second-order valence-electron chi connectivity index (χ2n) is 11.2. The fourth-order valence-corrected chi connectivity index (χ4v) is 5.88. The molecule has 1 atom stereocenters. The van der Waals surface area contributed by atoms with Crippen LogP contribution in [-0.2, 0) is 16.1 Å². The number of nitrogens with zero attached hydrogens (tertiary/aromatic N) is 2. The number of nitrogens with one attached hydrogen (secondary N) is 1. The van der Waals surface area contributed by atoms with Gasteiger partial charge in [0.1, 0.15) is 5.60 Å². The maximum absolute atomic E-state index is 13.4. The van der Waals surface area contributed by atoms with Gasteiger partial charge >= 0.3 is 6.09 Å². The summed E-state index contributed by atoms with van der Waals surface area (Å²) in [5.74, 6) is 0.301. The van der Waals surface area contributed by atoms with Gasteiger partial charge < -0.3 is 19.9 Å². The van der Waals surface area contributed by atoms with E-state index in [-0.39, 0.29) is 11.5 Å². The number of hydrogen-bond donors (Lipinski definition) is 1. The van der Waals surface area contributed by atoms with Gasteiger partial charge in [-0.3, -0.25) is 4.79 Å². The molecule has 6 nitrogen and oxygen atoms in total. The van der Waals surface area contributed by atoms with Crippen LogP contribution in [0.4, 0.5) is 4.79 Å². The van der Waals surface area contributed by atoms with Crippen LogP contribution in [0.25, 0.3) is 0 Å². The third kappa shape index (κ3) is 7.27. The molecule has 37 heavy (non-hydrogen) atoms. The average molecular weight is 591 g/mol. The Hall–Kier alpha value is -2.09. The minimum Gasteiger partial charge on any atom is -0.444 e. The molecule has 0 aromatic heterocycles. The zero-order chi connectivity index (χ0) is 26.6. The summed E-state index contributed by atoms with van der Waals surface area (Å²) in [5.41, 5.74) is 1.24. The SMILES string of the molecule is CC(C)(C)OC(=O)NC(CCN1CCC2(CC1)CCN(Cc1ccc(Br)cc1)C2=O)c1ccccc1Cl. The minimum atomic E-state index is -0.574. The normalized spacial score (nSPS) is 18.7. The van der Waals surface area contributed by atoms with Gasteiger partial charge in [0.25, 0.3) is 0 Å². The van der Waals surface area contributed by atoms with E-state index in [1.54, 1.807) is 0 Å². The van der Waals surface area contributed by atoms with Gasteiger partial charge in [-0.15, -0.1) is 0 Å². The van der Waals surface area contributed by atoms with Crippen LogP contribution in [0, 0.1) is 5.41 Å². The van der Waals surface area contributed by atoms with E-state index in [1.807, 2.05) is 62.1 Å². The fraction of sp³-hybridized carbons (Fsp3) is 0.517. The van der Waals surface area contributed by atoms with Gasteiger partial charge in [0.2, 0.25) is 5.91 Å². The first kappa shape index (κ1) is 27.9. The smallest absolute Gasteiger partial charge is 0.408 e. The number of hydrogen-bond acceptors (Lipinski definition) is 4. The molecule has 0 radical (unpaired) electrons. The van der Waals surface area contributed by atoms with Crippen LogP contribution in [0.5, 0.6) is 0 Å². The van der Waals surface area contributed by atoms with Crippen molar-refractivity contribution in [2.75, 3.05) is 26.2 Å². The first-order valence-electron chi connectivity index (χ1n) is 13.0. The highest BCUT2D eigenvalue weighted by Crippen LogP contribution is 2.42. The predicted molar refractivity (Wildman–Crippen MR) is 150 cm³/mol. The van der Waals surface area contributed by atoms with Gasteiger partial charge in [0.05, 0.1) is 11.5 Å². The highest BCUT2D eigenvalue weighted by molar-refractivity contribution is 9.10. The Morgan fingerprint density at radius 2 is 1.73 bits per heavy atom. The molecule has 0 bridgehead atoms. The maximum atomic E-state index is 13.4. The van der Waals surface area contributed by atoms with Crippen molar-refractivity contribution in [2.24, 2.45) is 5.41 Å². The van der Waals surface area contributed by atoms with E-state index in [2.05, 4.69) is 38.3 Å². The number of carbonyl (C=O) groups is 2. The fourth-order valence-electron chi connectivity index (χ4n) is 5.35. The Bertz CT molecular complexity index is 1090. The predicted octanol–water partition coefficient (Wildman–Crippen LogP) is 6.57. The largest absolute Gasteiger partial charge is 0.444 e. The summed E-state index contributed by atoms with van der Waals surface area (Å²) in [6, 6.07) is 15.6. The van der Waals surface area contributed by atoms with Crippen LogP contribution in [0.15, 0.2) is 53.0 Å².